The molecule has 0 aromatic rings. The Morgan fingerprint density at radius 2 is 1.88 bits per heavy atom. The monoisotopic (exact) mass is 371 g/mol. The molecule has 0 bridgehead atoms. The third-order valence-corrected chi connectivity index (χ3v) is 4.69. The molecule has 3 rings (SSSR count). The quantitative estimate of drug-likeness (QED) is 0.726. The standard InChI is InChI=1S/C17H25NO8/c1-6-16(7-2)23-10-8-22-17(12(19)11(10)24-16)9-18(14(21)26-17)13(20)25-15(3,4)5/h10-11H,6-9H2,1-5H3/t10-,11?,17+/m1/s1. The number of rotatable bonds is 2. The van der Waals surface area contributed by atoms with E-state index in [1.165, 1.54) is 0 Å². The number of ether oxygens (including phenoxy) is 5. The first-order valence-electron chi connectivity index (χ1n) is 8.82. The van der Waals surface area contributed by atoms with Crippen LogP contribution < -0.4 is 0 Å². The van der Waals surface area contributed by atoms with E-state index in [1.807, 2.05) is 13.8 Å². The second-order valence-corrected chi connectivity index (χ2v) is 7.68. The van der Waals surface area contributed by atoms with Crippen LogP contribution in [0.1, 0.15) is 47.5 Å². The van der Waals surface area contributed by atoms with Gasteiger partial charge in [-0.15, -0.1) is 0 Å². The van der Waals surface area contributed by atoms with Crippen molar-refractivity contribution in [1.82, 2.24) is 4.90 Å². The third kappa shape index (κ3) is 3.08. The molecule has 3 atom stereocenters. The average Bonchev–Trinajstić information content (AvgIpc) is 3.10. The number of imide groups is 1. The van der Waals surface area contributed by atoms with Crippen molar-refractivity contribution < 1.29 is 38.1 Å². The number of ketones is 1. The van der Waals surface area contributed by atoms with Crippen molar-refractivity contribution in [3.63, 3.8) is 0 Å². The van der Waals surface area contributed by atoms with Crippen LogP contribution in [0.5, 0.6) is 0 Å². The van der Waals surface area contributed by atoms with Crippen LogP contribution in [-0.4, -0.2) is 65.4 Å². The van der Waals surface area contributed by atoms with E-state index < -0.39 is 47.4 Å². The zero-order valence-corrected chi connectivity index (χ0v) is 15.7. The molecule has 0 aliphatic carbocycles. The molecule has 0 saturated carbocycles. The van der Waals surface area contributed by atoms with Gasteiger partial charge in [-0.3, -0.25) is 4.79 Å². The summed E-state index contributed by atoms with van der Waals surface area (Å²) in [7, 11) is 0. The van der Waals surface area contributed by atoms with Crippen molar-refractivity contribution in [3.8, 4) is 0 Å². The van der Waals surface area contributed by atoms with Crippen LogP contribution in [0.15, 0.2) is 0 Å². The maximum Gasteiger partial charge on any atom is 0.422 e. The smallest absolute Gasteiger partial charge is 0.422 e. The van der Waals surface area contributed by atoms with Gasteiger partial charge in [0.25, 0.3) is 5.79 Å². The maximum atomic E-state index is 13.0. The summed E-state index contributed by atoms with van der Waals surface area (Å²) < 4.78 is 27.7. The number of hydrogen-bond donors (Lipinski definition) is 0. The molecular formula is C17H25NO8. The molecule has 1 unspecified atom stereocenters. The van der Waals surface area contributed by atoms with Gasteiger partial charge < -0.3 is 23.7 Å². The molecule has 26 heavy (non-hydrogen) atoms. The van der Waals surface area contributed by atoms with Crippen molar-refractivity contribution in [2.24, 2.45) is 0 Å². The van der Waals surface area contributed by atoms with Gasteiger partial charge in [0.15, 0.2) is 11.9 Å². The normalized spacial score (nSPS) is 33.3. The summed E-state index contributed by atoms with van der Waals surface area (Å²) in [5.74, 6) is -3.29. The highest BCUT2D eigenvalue weighted by atomic mass is 16.8. The number of hydrogen-bond acceptors (Lipinski definition) is 8. The molecule has 0 radical (unpaired) electrons. The Balaban J connectivity index is 1.77. The zero-order valence-electron chi connectivity index (χ0n) is 15.7. The summed E-state index contributed by atoms with van der Waals surface area (Å²) in [6, 6.07) is 0. The highest BCUT2D eigenvalue weighted by Gasteiger charge is 2.64. The molecule has 146 valence electrons. The number of carbonyl (C=O) groups excluding carboxylic acids is 3. The Bertz CT molecular complexity index is 623. The van der Waals surface area contributed by atoms with Gasteiger partial charge in [0.1, 0.15) is 18.2 Å². The number of amides is 2. The van der Waals surface area contributed by atoms with Gasteiger partial charge in [-0.1, -0.05) is 13.8 Å². The Hall–Kier alpha value is -1.71. The summed E-state index contributed by atoms with van der Waals surface area (Å²) in [4.78, 5) is 38.1. The minimum Gasteiger partial charge on any atom is -0.443 e. The number of Topliss-reactive ketones (excluding diaryl/α,β-unsaturated/α-hetero) is 1. The van der Waals surface area contributed by atoms with Crippen LogP contribution in [0.3, 0.4) is 0 Å². The van der Waals surface area contributed by atoms with E-state index in [1.54, 1.807) is 20.8 Å². The van der Waals surface area contributed by atoms with Gasteiger partial charge in [0, 0.05) is 0 Å². The fraction of sp³-hybridized carbons (Fsp3) is 0.824. The van der Waals surface area contributed by atoms with Gasteiger partial charge in [-0.05, 0) is 33.6 Å². The van der Waals surface area contributed by atoms with Crippen LogP contribution in [-0.2, 0) is 28.5 Å². The summed E-state index contributed by atoms with van der Waals surface area (Å²) >= 11 is 0. The molecule has 0 aromatic heterocycles. The van der Waals surface area contributed by atoms with E-state index in [9.17, 15) is 14.4 Å². The Morgan fingerprint density at radius 1 is 1.23 bits per heavy atom. The van der Waals surface area contributed by atoms with Crippen LogP contribution in [0.2, 0.25) is 0 Å². The lowest BCUT2D eigenvalue weighted by atomic mass is 9.99. The lowest BCUT2D eigenvalue weighted by molar-refractivity contribution is -0.219. The molecule has 0 aromatic carbocycles. The van der Waals surface area contributed by atoms with E-state index in [-0.39, 0.29) is 13.2 Å². The summed E-state index contributed by atoms with van der Waals surface area (Å²) in [6.45, 7) is 8.48. The fourth-order valence-electron chi connectivity index (χ4n) is 3.27. The molecule has 3 fully saturated rings. The van der Waals surface area contributed by atoms with Crippen LogP contribution >= 0.6 is 0 Å². The Kier molecular flexibility index (Phi) is 4.53. The van der Waals surface area contributed by atoms with Gasteiger partial charge in [0.2, 0.25) is 5.78 Å². The van der Waals surface area contributed by atoms with E-state index >= 15 is 0 Å². The highest BCUT2D eigenvalue weighted by Crippen LogP contribution is 2.41. The van der Waals surface area contributed by atoms with E-state index in [4.69, 9.17) is 23.7 Å². The molecule has 3 aliphatic heterocycles. The third-order valence-electron chi connectivity index (χ3n) is 4.69. The predicted octanol–water partition coefficient (Wildman–Crippen LogP) is 1.97. The molecule has 3 aliphatic rings. The number of fused-ring (bicyclic) bond motifs is 1. The van der Waals surface area contributed by atoms with E-state index in [0.717, 1.165) is 4.90 Å². The highest BCUT2D eigenvalue weighted by molar-refractivity contribution is 5.99. The second-order valence-electron chi connectivity index (χ2n) is 7.68. The van der Waals surface area contributed by atoms with Gasteiger partial charge in [-0.2, -0.15) is 0 Å². The molecule has 3 saturated heterocycles. The number of carbonyl (C=O) groups is 3. The predicted molar refractivity (Wildman–Crippen MR) is 86.2 cm³/mol. The van der Waals surface area contributed by atoms with Crippen LogP contribution in [0.25, 0.3) is 0 Å². The first-order chi connectivity index (χ1) is 12.0. The lowest BCUT2D eigenvalue weighted by Gasteiger charge is -2.34. The summed E-state index contributed by atoms with van der Waals surface area (Å²) in [5, 5.41) is 0. The van der Waals surface area contributed by atoms with E-state index in [2.05, 4.69) is 0 Å². The van der Waals surface area contributed by atoms with Crippen LogP contribution in [0, 0.1) is 0 Å². The maximum absolute atomic E-state index is 13.0. The first kappa shape index (κ1) is 19.1. The second kappa shape index (κ2) is 6.17. The SMILES string of the molecule is CCC1(CC)OC2C(=O)[C@@]3(CN(C(=O)OC(C)(C)C)C(=O)O3)OC[C@H]2O1. The summed E-state index contributed by atoms with van der Waals surface area (Å²) in [5.41, 5.74) is -0.792. The Labute approximate surface area is 151 Å². The minimum atomic E-state index is -1.88. The Morgan fingerprint density at radius 3 is 2.46 bits per heavy atom. The lowest BCUT2D eigenvalue weighted by Crippen LogP contribution is -2.59. The van der Waals surface area contributed by atoms with Crippen molar-refractivity contribution >= 4 is 18.0 Å². The molecule has 3 heterocycles. The van der Waals surface area contributed by atoms with Crippen molar-refractivity contribution in [1.29, 1.82) is 0 Å². The molecule has 0 N–H and O–H groups in total. The van der Waals surface area contributed by atoms with E-state index in [0.29, 0.717) is 12.8 Å². The van der Waals surface area contributed by atoms with Crippen LogP contribution in [0.4, 0.5) is 9.59 Å². The van der Waals surface area contributed by atoms with Crippen molar-refractivity contribution in [3.05, 3.63) is 0 Å². The molecule has 9 nitrogen and oxygen atoms in total. The molecule has 1 spiro atoms. The van der Waals surface area contributed by atoms with Gasteiger partial charge >= 0.3 is 12.2 Å². The number of nitrogens with zero attached hydrogens (tertiary/aromatic N) is 1. The van der Waals surface area contributed by atoms with Gasteiger partial charge in [-0.25, -0.2) is 14.5 Å². The van der Waals surface area contributed by atoms with Crippen molar-refractivity contribution in [2.45, 2.75) is 76.8 Å². The molecule has 2 amide bonds. The van der Waals surface area contributed by atoms with Gasteiger partial charge in [0.05, 0.1) is 6.61 Å². The zero-order chi connectivity index (χ0) is 19.3. The fourth-order valence-corrected chi connectivity index (χ4v) is 3.27. The average molecular weight is 371 g/mol. The first-order valence-corrected chi connectivity index (χ1v) is 8.82. The summed E-state index contributed by atoms with van der Waals surface area (Å²) in [6.07, 6.45) is -2.21. The largest absolute Gasteiger partial charge is 0.443 e. The minimum absolute atomic E-state index is 0.0214. The van der Waals surface area contributed by atoms with Crippen molar-refractivity contribution in [2.75, 3.05) is 13.2 Å². The topological polar surface area (TPSA) is 101 Å². The molecular weight excluding hydrogens is 346 g/mol. The molecule has 9 heteroatoms.